The molecular weight excluding hydrogens is 274 g/mol. The molecule has 21 heavy (non-hydrogen) atoms. The minimum atomic E-state index is -0.585. The summed E-state index contributed by atoms with van der Waals surface area (Å²) in [5.41, 5.74) is 2.75. The van der Waals surface area contributed by atoms with E-state index in [4.69, 9.17) is 4.74 Å². The second-order valence-corrected chi connectivity index (χ2v) is 4.53. The topological polar surface area (TPSA) is 99.0 Å². The van der Waals surface area contributed by atoms with Crippen molar-refractivity contribution in [3.05, 3.63) is 35.7 Å². The van der Waals surface area contributed by atoms with Crippen molar-refractivity contribution in [2.45, 2.75) is 20.4 Å². The summed E-state index contributed by atoms with van der Waals surface area (Å²) in [7, 11) is 0. The number of rotatable bonds is 5. The van der Waals surface area contributed by atoms with Crippen LogP contribution in [0.25, 0.3) is 0 Å². The smallest absolute Gasteiger partial charge is 0.328 e. The molecular formula is C13H15N5O3. The molecule has 2 rings (SSSR count). The Morgan fingerprint density at radius 1 is 1.33 bits per heavy atom. The average Bonchev–Trinajstić information content (AvgIpc) is 2.92. The zero-order valence-corrected chi connectivity index (χ0v) is 11.7. The maximum Gasteiger partial charge on any atom is 0.328 e. The van der Waals surface area contributed by atoms with Gasteiger partial charge in [-0.15, -0.1) is 5.10 Å². The third-order valence-electron chi connectivity index (χ3n) is 2.70. The minimum Gasteiger partial charge on any atom is -0.454 e. The monoisotopic (exact) mass is 289 g/mol. The van der Waals surface area contributed by atoms with Crippen molar-refractivity contribution in [2.75, 3.05) is 11.9 Å². The van der Waals surface area contributed by atoms with Gasteiger partial charge in [-0.1, -0.05) is 17.7 Å². The molecule has 0 fully saturated rings. The van der Waals surface area contributed by atoms with E-state index in [1.807, 2.05) is 32.0 Å². The number of nitrogens with zero attached hydrogens (tertiary/aromatic N) is 4. The summed E-state index contributed by atoms with van der Waals surface area (Å²) in [6.07, 6.45) is 1.29. The van der Waals surface area contributed by atoms with Crippen LogP contribution < -0.4 is 5.32 Å². The van der Waals surface area contributed by atoms with Crippen molar-refractivity contribution in [1.82, 2.24) is 20.2 Å². The summed E-state index contributed by atoms with van der Waals surface area (Å²) in [5.74, 6) is -0.981. The van der Waals surface area contributed by atoms with Gasteiger partial charge < -0.3 is 10.1 Å². The van der Waals surface area contributed by atoms with Crippen molar-refractivity contribution in [1.29, 1.82) is 0 Å². The first-order chi connectivity index (χ1) is 10.0. The largest absolute Gasteiger partial charge is 0.454 e. The zero-order chi connectivity index (χ0) is 15.2. The predicted molar refractivity (Wildman–Crippen MR) is 73.3 cm³/mol. The van der Waals surface area contributed by atoms with E-state index in [0.717, 1.165) is 11.1 Å². The molecule has 1 aromatic carbocycles. The van der Waals surface area contributed by atoms with Gasteiger partial charge in [0.15, 0.2) is 6.61 Å². The summed E-state index contributed by atoms with van der Waals surface area (Å²) in [6.45, 7) is 3.38. The molecule has 0 radical (unpaired) electrons. The van der Waals surface area contributed by atoms with Gasteiger partial charge in [0, 0.05) is 5.69 Å². The molecule has 0 saturated heterocycles. The van der Waals surface area contributed by atoms with Gasteiger partial charge in [0.05, 0.1) is 0 Å². The van der Waals surface area contributed by atoms with E-state index in [-0.39, 0.29) is 13.2 Å². The second kappa shape index (κ2) is 6.60. The molecule has 8 nitrogen and oxygen atoms in total. The lowest BCUT2D eigenvalue weighted by Gasteiger charge is -2.09. The predicted octanol–water partition coefficient (Wildman–Crippen LogP) is 0.472. The standard InChI is InChI=1S/C13H15N5O3/c1-9-3-4-11(10(2)5-9)15-12(19)7-21-13(20)6-18-8-14-16-17-18/h3-5,8H,6-7H2,1-2H3,(H,15,19). The van der Waals surface area contributed by atoms with Crippen molar-refractivity contribution in [3.63, 3.8) is 0 Å². The Hall–Kier alpha value is -2.77. The van der Waals surface area contributed by atoms with Gasteiger partial charge in [0.1, 0.15) is 12.9 Å². The summed E-state index contributed by atoms with van der Waals surface area (Å²) in [6, 6.07) is 5.66. The van der Waals surface area contributed by atoms with Crippen LogP contribution in [-0.2, 0) is 20.9 Å². The molecule has 2 aromatic rings. The van der Waals surface area contributed by atoms with Crippen LogP contribution in [0.2, 0.25) is 0 Å². The van der Waals surface area contributed by atoms with Crippen LogP contribution in [0.5, 0.6) is 0 Å². The Kier molecular flexibility index (Phi) is 4.60. The average molecular weight is 289 g/mol. The number of amides is 1. The molecule has 0 aliphatic rings. The molecule has 8 heteroatoms. The molecule has 0 unspecified atom stereocenters. The Morgan fingerprint density at radius 3 is 2.81 bits per heavy atom. The maximum atomic E-state index is 11.7. The van der Waals surface area contributed by atoms with Crippen LogP contribution in [0, 0.1) is 13.8 Å². The maximum absolute atomic E-state index is 11.7. The van der Waals surface area contributed by atoms with Crippen molar-refractivity contribution >= 4 is 17.6 Å². The Bertz CT molecular complexity index is 639. The van der Waals surface area contributed by atoms with Crippen LogP contribution >= 0.6 is 0 Å². The first kappa shape index (κ1) is 14.6. The van der Waals surface area contributed by atoms with Gasteiger partial charge in [0.2, 0.25) is 0 Å². The molecule has 1 amide bonds. The van der Waals surface area contributed by atoms with Crippen LogP contribution in [0.15, 0.2) is 24.5 Å². The molecule has 0 aliphatic carbocycles. The first-order valence-corrected chi connectivity index (χ1v) is 6.28. The lowest BCUT2D eigenvalue weighted by molar-refractivity contribution is -0.148. The second-order valence-electron chi connectivity index (χ2n) is 4.53. The van der Waals surface area contributed by atoms with E-state index in [2.05, 4.69) is 20.8 Å². The van der Waals surface area contributed by atoms with E-state index in [0.29, 0.717) is 5.69 Å². The molecule has 0 bridgehead atoms. The lowest BCUT2D eigenvalue weighted by Crippen LogP contribution is -2.23. The third kappa shape index (κ3) is 4.37. The molecule has 0 saturated carbocycles. The first-order valence-electron chi connectivity index (χ1n) is 6.28. The van der Waals surface area contributed by atoms with Gasteiger partial charge >= 0.3 is 5.97 Å². The van der Waals surface area contributed by atoms with Gasteiger partial charge in [-0.2, -0.15) is 0 Å². The molecule has 1 N–H and O–H groups in total. The van der Waals surface area contributed by atoms with Gasteiger partial charge in [-0.3, -0.25) is 9.59 Å². The molecule has 1 aromatic heterocycles. The fraction of sp³-hybridized carbons (Fsp3) is 0.308. The summed E-state index contributed by atoms with van der Waals surface area (Å²) < 4.78 is 6.06. The summed E-state index contributed by atoms with van der Waals surface area (Å²) >= 11 is 0. The normalized spacial score (nSPS) is 10.2. The van der Waals surface area contributed by atoms with E-state index in [1.54, 1.807) is 0 Å². The summed E-state index contributed by atoms with van der Waals surface area (Å²) in [5, 5.41) is 13.0. The zero-order valence-electron chi connectivity index (χ0n) is 11.7. The number of hydrogen-bond acceptors (Lipinski definition) is 6. The highest BCUT2D eigenvalue weighted by molar-refractivity contribution is 5.93. The number of tetrazole rings is 1. The molecule has 0 spiro atoms. The Morgan fingerprint density at radius 2 is 2.14 bits per heavy atom. The van der Waals surface area contributed by atoms with E-state index in [1.165, 1.54) is 11.0 Å². The number of esters is 1. The molecule has 110 valence electrons. The van der Waals surface area contributed by atoms with Crippen molar-refractivity contribution in [3.8, 4) is 0 Å². The number of aromatic nitrogens is 4. The number of carbonyl (C=O) groups excluding carboxylic acids is 2. The van der Waals surface area contributed by atoms with Crippen LogP contribution in [0.3, 0.4) is 0 Å². The van der Waals surface area contributed by atoms with Gasteiger partial charge in [-0.05, 0) is 35.9 Å². The third-order valence-corrected chi connectivity index (χ3v) is 2.70. The SMILES string of the molecule is Cc1ccc(NC(=O)COC(=O)Cn2cnnn2)c(C)c1. The molecule has 1 heterocycles. The van der Waals surface area contributed by atoms with Gasteiger partial charge in [-0.25, -0.2) is 4.68 Å². The van der Waals surface area contributed by atoms with Crippen LogP contribution in [0.4, 0.5) is 5.69 Å². The highest BCUT2D eigenvalue weighted by atomic mass is 16.5. The number of carbonyl (C=O) groups is 2. The number of aryl methyl sites for hydroxylation is 2. The number of anilines is 1. The number of hydrogen-bond donors (Lipinski definition) is 1. The number of nitrogens with one attached hydrogen (secondary N) is 1. The quantitative estimate of drug-likeness (QED) is 0.803. The van der Waals surface area contributed by atoms with E-state index < -0.39 is 11.9 Å². The van der Waals surface area contributed by atoms with E-state index in [9.17, 15) is 9.59 Å². The Labute approximate surface area is 121 Å². The molecule has 0 atom stereocenters. The minimum absolute atomic E-state index is 0.135. The van der Waals surface area contributed by atoms with E-state index >= 15 is 0 Å². The highest BCUT2D eigenvalue weighted by Gasteiger charge is 2.10. The summed E-state index contributed by atoms with van der Waals surface area (Å²) in [4.78, 5) is 23.2. The number of ether oxygens (including phenoxy) is 1. The fourth-order valence-electron chi connectivity index (χ4n) is 1.72. The molecule has 0 aliphatic heterocycles. The lowest BCUT2D eigenvalue weighted by atomic mass is 10.1. The van der Waals surface area contributed by atoms with Crippen LogP contribution in [0.1, 0.15) is 11.1 Å². The van der Waals surface area contributed by atoms with Crippen LogP contribution in [-0.4, -0.2) is 38.7 Å². The van der Waals surface area contributed by atoms with Crippen molar-refractivity contribution in [2.24, 2.45) is 0 Å². The number of benzene rings is 1. The highest BCUT2D eigenvalue weighted by Crippen LogP contribution is 2.15. The van der Waals surface area contributed by atoms with Crippen molar-refractivity contribution < 1.29 is 14.3 Å². The van der Waals surface area contributed by atoms with Gasteiger partial charge in [0.25, 0.3) is 5.91 Å². The fourth-order valence-corrected chi connectivity index (χ4v) is 1.72. The Balaban J connectivity index is 1.80.